The van der Waals surface area contributed by atoms with Crippen LogP contribution in [0, 0.1) is 6.92 Å². The number of thioether (sulfide) groups is 1. The van der Waals surface area contributed by atoms with Crippen molar-refractivity contribution in [2.75, 3.05) is 10.0 Å². The Morgan fingerprint density at radius 1 is 1.03 bits per heavy atom. The van der Waals surface area contributed by atoms with E-state index >= 15 is 0 Å². The van der Waals surface area contributed by atoms with Crippen molar-refractivity contribution in [2.45, 2.75) is 35.3 Å². The number of nitrogens with zero attached hydrogens (tertiary/aromatic N) is 2. The first-order chi connectivity index (χ1) is 14.8. The lowest BCUT2D eigenvalue weighted by atomic mass is 10.2. The number of carbonyl (C=O) groups is 1. The van der Waals surface area contributed by atoms with Gasteiger partial charge in [0.1, 0.15) is 0 Å². The van der Waals surface area contributed by atoms with Crippen molar-refractivity contribution >= 4 is 50.8 Å². The quantitative estimate of drug-likeness (QED) is 0.455. The molecule has 0 aliphatic carbocycles. The van der Waals surface area contributed by atoms with Crippen molar-refractivity contribution in [3.05, 3.63) is 71.4 Å². The summed E-state index contributed by atoms with van der Waals surface area (Å²) in [6.07, 6.45) is 0.656. The van der Waals surface area contributed by atoms with Gasteiger partial charge in [-0.1, -0.05) is 36.2 Å². The number of hydrogen-bond acceptors (Lipinski definition) is 6. The van der Waals surface area contributed by atoms with Crippen molar-refractivity contribution in [1.82, 2.24) is 10.2 Å². The van der Waals surface area contributed by atoms with Gasteiger partial charge in [0.15, 0.2) is 11.0 Å². The van der Waals surface area contributed by atoms with Gasteiger partial charge in [0.25, 0.3) is 10.0 Å². The molecule has 7 nitrogen and oxygen atoms in total. The lowest BCUT2D eigenvalue weighted by Gasteiger charge is -2.15. The second kappa shape index (κ2) is 10.1. The molecule has 0 saturated heterocycles. The summed E-state index contributed by atoms with van der Waals surface area (Å²) in [6, 6.07) is 16.8. The van der Waals surface area contributed by atoms with E-state index in [1.54, 1.807) is 12.1 Å². The van der Waals surface area contributed by atoms with Crippen LogP contribution in [0.25, 0.3) is 0 Å². The maximum Gasteiger partial charge on any atom is 0.263 e. The molecule has 1 unspecified atom stereocenters. The number of halogens is 1. The number of rotatable bonds is 8. The standard InChI is InChI=1S/C21H21ClN4O3S2/c1-3-18(30-16-8-4-14(2)5-9-16)21(27)23-15-6-10-17(11-7-15)31(28,29)26-20-13-12-19(22)24-25-20/h4-13,18H,3H2,1-2H3,(H,23,27)(H,25,26). The fourth-order valence-corrected chi connectivity index (χ4v) is 4.66. The zero-order valence-electron chi connectivity index (χ0n) is 16.9. The highest BCUT2D eigenvalue weighted by Crippen LogP contribution is 2.27. The molecule has 0 spiro atoms. The zero-order valence-corrected chi connectivity index (χ0v) is 19.3. The molecule has 31 heavy (non-hydrogen) atoms. The first-order valence-electron chi connectivity index (χ1n) is 9.43. The van der Waals surface area contributed by atoms with E-state index in [0.717, 1.165) is 10.5 Å². The number of sulfonamides is 1. The summed E-state index contributed by atoms with van der Waals surface area (Å²) in [6.45, 7) is 3.97. The second-order valence-corrected chi connectivity index (χ2v) is 10.0. The normalized spacial score (nSPS) is 12.2. The first-order valence-corrected chi connectivity index (χ1v) is 12.2. The monoisotopic (exact) mass is 476 g/mol. The molecule has 0 bridgehead atoms. The third-order valence-electron chi connectivity index (χ3n) is 4.27. The molecular weight excluding hydrogens is 456 g/mol. The predicted octanol–water partition coefficient (Wildman–Crippen LogP) is 4.75. The molecule has 0 aliphatic heterocycles. The van der Waals surface area contributed by atoms with E-state index in [4.69, 9.17) is 11.6 Å². The number of aryl methyl sites for hydroxylation is 1. The van der Waals surface area contributed by atoms with Gasteiger partial charge in [-0.05, 0) is 61.9 Å². The van der Waals surface area contributed by atoms with Gasteiger partial charge in [-0.2, -0.15) is 0 Å². The molecule has 3 aromatic rings. The molecule has 0 aliphatic rings. The fourth-order valence-electron chi connectivity index (χ4n) is 2.61. The van der Waals surface area contributed by atoms with E-state index < -0.39 is 10.0 Å². The van der Waals surface area contributed by atoms with Gasteiger partial charge < -0.3 is 5.32 Å². The minimum absolute atomic E-state index is 0.0309. The van der Waals surface area contributed by atoms with Gasteiger partial charge in [-0.15, -0.1) is 22.0 Å². The average Bonchev–Trinajstić information content (AvgIpc) is 2.75. The van der Waals surface area contributed by atoms with Crippen LogP contribution in [0.4, 0.5) is 11.5 Å². The van der Waals surface area contributed by atoms with Gasteiger partial charge in [-0.3, -0.25) is 9.52 Å². The molecule has 1 aromatic heterocycles. The van der Waals surface area contributed by atoms with Crippen molar-refractivity contribution in [1.29, 1.82) is 0 Å². The highest BCUT2D eigenvalue weighted by atomic mass is 35.5. The lowest BCUT2D eigenvalue weighted by molar-refractivity contribution is -0.115. The van der Waals surface area contributed by atoms with Gasteiger partial charge in [0, 0.05) is 10.6 Å². The van der Waals surface area contributed by atoms with E-state index in [0.29, 0.717) is 12.1 Å². The van der Waals surface area contributed by atoms with Crippen LogP contribution in [0.3, 0.4) is 0 Å². The Labute approximate surface area is 190 Å². The van der Waals surface area contributed by atoms with Crippen LogP contribution in [0.2, 0.25) is 5.15 Å². The van der Waals surface area contributed by atoms with Crippen LogP contribution in [-0.4, -0.2) is 29.8 Å². The molecule has 162 valence electrons. The summed E-state index contributed by atoms with van der Waals surface area (Å²) in [5.41, 5.74) is 1.67. The largest absolute Gasteiger partial charge is 0.325 e. The Bertz CT molecular complexity index is 1140. The highest BCUT2D eigenvalue weighted by Gasteiger charge is 2.19. The molecule has 0 fully saturated rings. The van der Waals surface area contributed by atoms with E-state index in [2.05, 4.69) is 20.2 Å². The number of nitrogens with one attached hydrogen (secondary N) is 2. The third kappa shape index (κ3) is 6.43. The number of benzene rings is 2. The van der Waals surface area contributed by atoms with Gasteiger partial charge >= 0.3 is 0 Å². The second-order valence-electron chi connectivity index (χ2n) is 6.69. The first kappa shape index (κ1) is 23.1. The van der Waals surface area contributed by atoms with E-state index in [1.807, 2.05) is 38.1 Å². The molecule has 2 N–H and O–H groups in total. The van der Waals surface area contributed by atoms with E-state index in [-0.39, 0.29) is 27.0 Å². The van der Waals surface area contributed by atoms with Gasteiger partial charge in [0.2, 0.25) is 5.91 Å². The maximum absolute atomic E-state index is 12.7. The Morgan fingerprint density at radius 2 is 1.71 bits per heavy atom. The Balaban J connectivity index is 1.65. The zero-order chi connectivity index (χ0) is 22.4. The van der Waals surface area contributed by atoms with Crippen LogP contribution >= 0.6 is 23.4 Å². The topological polar surface area (TPSA) is 101 Å². The summed E-state index contributed by atoms with van der Waals surface area (Å²) in [7, 11) is -3.85. The van der Waals surface area contributed by atoms with Gasteiger partial charge in [0.05, 0.1) is 10.1 Å². The molecule has 0 radical (unpaired) electrons. The molecule has 10 heteroatoms. The summed E-state index contributed by atoms with van der Waals surface area (Å²) >= 11 is 7.15. The fraction of sp³-hybridized carbons (Fsp3) is 0.190. The Hall–Kier alpha value is -2.62. The SMILES string of the molecule is CCC(Sc1ccc(C)cc1)C(=O)Nc1ccc(S(=O)(=O)Nc2ccc(Cl)nn2)cc1. The minimum Gasteiger partial charge on any atom is -0.325 e. The molecule has 1 amide bonds. The van der Waals surface area contributed by atoms with Gasteiger partial charge in [-0.25, -0.2) is 8.42 Å². The van der Waals surface area contributed by atoms with Crippen molar-refractivity contribution < 1.29 is 13.2 Å². The summed E-state index contributed by atoms with van der Waals surface area (Å²) in [5, 5.41) is 10.0. The number of anilines is 2. The van der Waals surface area contributed by atoms with Crippen molar-refractivity contribution in [2.24, 2.45) is 0 Å². The van der Waals surface area contributed by atoms with Crippen LogP contribution < -0.4 is 10.0 Å². The highest BCUT2D eigenvalue weighted by molar-refractivity contribution is 8.00. The van der Waals surface area contributed by atoms with E-state index in [9.17, 15) is 13.2 Å². The summed E-state index contributed by atoms with van der Waals surface area (Å²) in [5.74, 6) is -0.0843. The van der Waals surface area contributed by atoms with Crippen LogP contribution in [0.1, 0.15) is 18.9 Å². The maximum atomic E-state index is 12.7. The minimum atomic E-state index is -3.85. The summed E-state index contributed by atoms with van der Waals surface area (Å²) in [4.78, 5) is 13.7. The smallest absolute Gasteiger partial charge is 0.263 e. The van der Waals surface area contributed by atoms with Crippen LogP contribution in [0.15, 0.2) is 70.5 Å². The third-order valence-corrected chi connectivity index (χ3v) is 7.21. The molecule has 0 saturated carbocycles. The number of carbonyl (C=O) groups excluding carboxylic acids is 1. The average molecular weight is 477 g/mol. The molecular formula is C21H21ClN4O3S2. The van der Waals surface area contributed by atoms with Crippen molar-refractivity contribution in [3.8, 4) is 0 Å². The van der Waals surface area contributed by atoms with Crippen LogP contribution in [-0.2, 0) is 14.8 Å². The van der Waals surface area contributed by atoms with Crippen molar-refractivity contribution in [3.63, 3.8) is 0 Å². The summed E-state index contributed by atoms with van der Waals surface area (Å²) < 4.78 is 27.3. The van der Waals surface area contributed by atoms with Crippen LogP contribution in [0.5, 0.6) is 0 Å². The predicted molar refractivity (Wildman–Crippen MR) is 124 cm³/mol. The molecule has 1 heterocycles. The van der Waals surface area contributed by atoms with E-state index in [1.165, 1.54) is 36.0 Å². The molecule has 2 aromatic carbocycles. The number of aromatic nitrogens is 2. The molecule has 1 atom stereocenters. The Kier molecular flexibility index (Phi) is 7.53. The lowest BCUT2D eigenvalue weighted by Crippen LogP contribution is -2.24. The number of hydrogen-bond donors (Lipinski definition) is 2. The molecule has 3 rings (SSSR count). The Morgan fingerprint density at radius 3 is 2.29 bits per heavy atom. The number of amides is 1.